The van der Waals surface area contributed by atoms with E-state index in [0.717, 1.165) is 64.2 Å². The number of carbonyl (C=O) groups is 3. The normalized spacial score (nSPS) is 13.4. The second-order valence-electron chi connectivity index (χ2n) is 20.6. The number of carboxylic acids is 1. The second-order valence-corrected chi connectivity index (χ2v) is 20.6. The molecular weight excluding hydrogens is 899 g/mol. The third kappa shape index (κ3) is 54.2. The zero-order valence-corrected chi connectivity index (χ0v) is 47.0. The summed E-state index contributed by atoms with van der Waals surface area (Å²) in [6, 6.07) is 0. The molecule has 0 aromatic heterocycles. The van der Waals surface area contributed by atoms with Crippen molar-refractivity contribution >= 4 is 17.9 Å². The number of allylic oxidation sites excluding steroid dienone is 14. The third-order valence-electron chi connectivity index (χ3n) is 12.4. The average molecular weight is 1010 g/mol. The van der Waals surface area contributed by atoms with E-state index in [4.69, 9.17) is 18.9 Å². The minimum atomic E-state index is -1.64. The first-order chi connectivity index (χ1) is 35.1. The Morgan fingerprint density at radius 1 is 0.431 bits per heavy atom. The van der Waals surface area contributed by atoms with Crippen molar-refractivity contribution in [3.05, 3.63) is 85.1 Å². The van der Waals surface area contributed by atoms with E-state index in [-0.39, 0.29) is 38.6 Å². The highest BCUT2D eigenvalue weighted by molar-refractivity contribution is 5.70. The van der Waals surface area contributed by atoms with Gasteiger partial charge >= 0.3 is 11.9 Å². The van der Waals surface area contributed by atoms with Crippen LogP contribution in [-0.4, -0.2) is 82.3 Å². The van der Waals surface area contributed by atoms with E-state index in [1.54, 1.807) is 0 Å². The number of nitrogens with zero attached hydrogens (tertiary/aromatic N) is 1. The zero-order chi connectivity index (χ0) is 52.7. The Morgan fingerprint density at radius 2 is 0.792 bits per heavy atom. The van der Waals surface area contributed by atoms with Gasteiger partial charge in [-0.1, -0.05) is 247 Å². The fourth-order valence-electron chi connectivity index (χ4n) is 7.94. The number of carboxylic acid groups (broad SMARTS) is 1. The molecule has 0 saturated carbocycles. The van der Waals surface area contributed by atoms with Gasteiger partial charge in [-0.15, -0.1) is 0 Å². The van der Waals surface area contributed by atoms with Gasteiger partial charge in [0, 0.05) is 12.8 Å². The summed E-state index contributed by atoms with van der Waals surface area (Å²) in [5.41, 5.74) is 0. The first kappa shape index (κ1) is 68.5. The predicted octanol–water partition coefficient (Wildman–Crippen LogP) is 15.8. The van der Waals surface area contributed by atoms with Gasteiger partial charge in [-0.3, -0.25) is 9.59 Å². The van der Waals surface area contributed by atoms with Crippen LogP contribution in [0.1, 0.15) is 239 Å². The van der Waals surface area contributed by atoms with Gasteiger partial charge in [-0.2, -0.15) is 0 Å². The molecule has 0 saturated heterocycles. The number of hydrogen-bond acceptors (Lipinski definition) is 8. The molecule has 2 atom stereocenters. The van der Waals surface area contributed by atoms with E-state index < -0.39 is 24.3 Å². The molecule has 0 amide bonds. The molecule has 0 rings (SSSR count). The predicted molar refractivity (Wildman–Crippen MR) is 301 cm³/mol. The molecule has 0 bridgehead atoms. The summed E-state index contributed by atoms with van der Waals surface area (Å²) in [5, 5.41) is 11.8. The number of carbonyl (C=O) groups excluding carboxylic acids is 3. The molecule has 72 heavy (non-hydrogen) atoms. The van der Waals surface area contributed by atoms with Gasteiger partial charge in [-0.05, 0) is 64.2 Å². The molecule has 0 aliphatic rings. The van der Waals surface area contributed by atoms with Crippen LogP contribution in [0.5, 0.6) is 0 Å². The lowest BCUT2D eigenvalue weighted by atomic mass is 10.0. The molecule has 9 nitrogen and oxygen atoms in total. The molecule has 0 heterocycles. The van der Waals surface area contributed by atoms with Crippen molar-refractivity contribution in [3.8, 4) is 0 Å². The zero-order valence-electron chi connectivity index (χ0n) is 47.0. The molecule has 414 valence electrons. The van der Waals surface area contributed by atoms with Crippen LogP contribution in [0, 0.1) is 0 Å². The minimum Gasteiger partial charge on any atom is -0.545 e. The molecule has 0 aromatic rings. The first-order valence-corrected chi connectivity index (χ1v) is 29.2. The number of rotatable bonds is 53. The topological polar surface area (TPSA) is 111 Å². The van der Waals surface area contributed by atoms with Crippen LogP contribution >= 0.6 is 0 Å². The number of esters is 2. The Labute approximate surface area is 442 Å². The number of quaternary nitrogens is 1. The Morgan fingerprint density at radius 3 is 1.17 bits per heavy atom. The maximum atomic E-state index is 12.8. The standard InChI is InChI=1S/C63H109NO8/c1-6-8-10-12-14-16-18-20-22-24-26-28-30-32-33-35-37-39-41-43-45-47-49-51-53-60(65)70-57-59(58-71-63(62(67)68)69-56-55-64(3,4)5)72-61(66)54-52-50-48-46-44-42-40-38-36-34-31-29-27-25-23-21-19-17-15-13-11-9-7-2/h9,11,15,17,21,23,27,29,34,36,40,42,46,48,59,63H,6-8,10,12-14,16,18-20,22,24-26,28,30-33,35,37-39,41,43-45,47,49-58H2,1-5H3/b11-9-,17-15-,23-21-,29-27-,36-34-,42-40-,48-46-. The summed E-state index contributed by atoms with van der Waals surface area (Å²) in [6.45, 7) is 4.58. The smallest absolute Gasteiger partial charge is 0.306 e. The Balaban J connectivity index is 4.33. The monoisotopic (exact) mass is 1010 g/mol. The van der Waals surface area contributed by atoms with Gasteiger partial charge in [0.2, 0.25) is 0 Å². The maximum Gasteiger partial charge on any atom is 0.306 e. The van der Waals surface area contributed by atoms with Crippen molar-refractivity contribution in [1.82, 2.24) is 0 Å². The molecular formula is C63H109NO8. The summed E-state index contributed by atoms with van der Waals surface area (Å²) < 4.78 is 22.6. The molecule has 0 radical (unpaired) electrons. The van der Waals surface area contributed by atoms with Gasteiger partial charge in [0.15, 0.2) is 12.4 Å². The van der Waals surface area contributed by atoms with Crippen molar-refractivity contribution in [1.29, 1.82) is 0 Å². The van der Waals surface area contributed by atoms with Crippen molar-refractivity contribution in [2.24, 2.45) is 0 Å². The van der Waals surface area contributed by atoms with E-state index in [0.29, 0.717) is 23.9 Å². The third-order valence-corrected chi connectivity index (χ3v) is 12.4. The highest BCUT2D eigenvalue weighted by Gasteiger charge is 2.22. The van der Waals surface area contributed by atoms with Gasteiger partial charge in [0.1, 0.15) is 13.2 Å². The largest absolute Gasteiger partial charge is 0.545 e. The van der Waals surface area contributed by atoms with Crippen molar-refractivity contribution in [2.45, 2.75) is 251 Å². The fraction of sp³-hybridized carbons (Fsp3) is 0.730. The van der Waals surface area contributed by atoms with Gasteiger partial charge in [0.05, 0.1) is 40.3 Å². The summed E-state index contributed by atoms with van der Waals surface area (Å²) in [6.07, 6.45) is 67.9. The molecule has 0 fully saturated rings. The number of ether oxygens (including phenoxy) is 4. The van der Waals surface area contributed by atoms with Crippen LogP contribution in [-0.2, 0) is 33.3 Å². The second kappa shape index (κ2) is 53.8. The van der Waals surface area contributed by atoms with E-state index in [1.807, 2.05) is 21.1 Å². The van der Waals surface area contributed by atoms with E-state index in [9.17, 15) is 19.5 Å². The maximum absolute atomic E-state index is 12.8. The van der Waals surface area contributed by atoms with Crippen molar-refractivity contribution in [2.75, 3.05) is 47.5 Å². The molecule has 0 aliphatic carbocycles. The van der Waals surface area contributed by atoms with Crippen LogP contribution in [0.2, 0.25) is 0 Å². The van der Waals surface area contributed by atoms with Gasteiger partial charge in [-0.25, -0.2) is 0 Å². The van der Waals surface area contributed by atoms with Crippen LogP contribution in [0.15, 0.2) is 85.1 Å². The highest BCUT2D eigenvalue weighted by Crippen LogP contribution is 2.16. The number of hydrogen-bond donors (Lipinski definition) is 0. The summed E-state index contributed by atoms with van der Waals surface area (Å²) in [7, 11) is 5.90. The summed E-state index contributed by atoms with van der Waals surface area (Å²) in [5.74, 6) is -2.36. The highest BCUT2D eigenvalue weighted by atomic mass is 16.7. The van der Waals surface area contributed by atoms with Crippen molar-refractivity contribution < 1.29 is 42.9 Å². The summed E-state index contributed by atoms with van der Waals surface area (Å²) in [4.78, 5) is 37.3. The lowest BCUT2D eigenvalue weighted by molar-refractivity contribution is -0.870. The molecule has 0 N–H and O–H groups in total. The van der Waals surface area contributed by atoms with Crippen LogP contribution in [0.3, 0.4) is 0 Å². The lowest BCUT2D eigenvalue weighted by Gasteiger charge is -2.26. The number of likely N-dealkylation sites (N-methyl/N-ethyl adjacent to an activating group) is 1. The number of unbranched alkanes of at least 4 members (excludes halogenated alkanes) is 24. The Kier molecular flexibility index (Phi) is 51.1. The fourth-order valence-corrected chi connectivity index (χ4v) is 7.94. The minimum absolute atomic E-state index is 0.134. The van der Waals surface area contributed by atoms with Crippen molar-refractivity contribution in [3.63, 3.8) is 0 Å². The molecule has 0 spiro atoms. The summed E-state index contributed by atoms with van der Waals surface area (Å²) >= 11 is 0. The lowest BCUT2D eigenvalue weighted by Crippen LogP contribution is -2.44. The Bertz CT molecular complexity index is 1450. The van der Waals surface area contributed by atoms with E-state index >= 15 is 0 Å². The molecule has 0 aromatic carbocycles. The average Bonchev–Trinajstić information content (AvgIpc) is 3.35. The van der Waals surface area contributed by atoms with Crippen LogP contribution in [0.25, 0.3) is 0 Å². The first-order valence-electron chi connectivity index (χ1n) is 29.2. The van der Waals surface area contributed by atoms with Gasteiger partial charge in [0.25, 0.3) is 0 Å². The van der Waals surface area contributed by atoms with E-state index in [1.165, 1.54) is 135 Å². The molecule has 0 aliphatic heterocycles. The van der Waals surface area contributed by atoms with Crippen LogP contribution in [0.4, 0.5) is 0 Å². The molecule has 2 unspecified atom stereocenters. The quantitative estimate of drug-likeness (QED) is 0.0195. The van der Waals surface area contributed by atoms with Gasteiger partial charge < -0.3 is 33.3 Å². The SMILES string of the molecule is CC/C=C\C/C=C\C/C=C\C/C=C\C/C=C\C/C=C\C/C=C\CCCC(=O)OC(COC(=O)CCCCCCCCCCCCCCCCCCCCCCCCCC)COC(OCC[N+](C)(C)C)C(=O)[O-]. The van der Waals surface area contributed by atoms with Crippen LogP contribution < -0.4 is 5.11 Å². The number of aliphatic carboxylic acids is 1. The Hall–Kier alpha value is -3.53. The molecule has 9 heteroatoms. The van der Waals surface area contributed by atoms with E-state index in [2.05, 4.69) is 98.9 Å².